The monoisotopic (exact) mass is 449 g/mol. The van der Waals surface area contributed by atoms with Gasteiger partial charge in [0.2, 0.25) is 5.91 Å². The molecule has 2 aliphatic rings. The molecule has 0 aliphatic carbocycles. The maximum absolute atomic E-state index is 13.3. The number of carbonyl (C=O) groups excluding carboxylic acids is 4. The Morgan fingerprint density at radius 2 is 1.67 bits per heavy atom. The second-order valence-corrected chi connectivity index (χ2v) is 8.27. The number of fused-ring (bicyclic) bond motifs is 1. The van der Waals surface area contributed by atoms with Crippen molar-refractivity contribution in [2.24, 2.45) is 0 Å². The minimum Gasteiger partial charge on any atom is -0.493 e. The van der Waals surface area contributed by atoms with Gasteiger partial charge in [-0.2, -0.15) is 0 Å². The molecule has 1 fully saturated rings. The molecular formula is C25H27N3O5. The molecule has 2 aliphatic heterocycles. The van der Waals surface area contributed by atoms with Crippen LogP contribution in [0.15, 0.2) is 42.5 Å². The summed E-state index contributed by atoms with van der Waals surface area (Å²) in [6.45, 7) is 4.87. The van der Waals surface area contributed by atoms with Gasteiger partial charge in [-0.15, -0.1) is 0 Å². The minimum absolute atomic E-state index is 0.0677. The van der Waals surface area contributed by atoms with Crippen molar-refractivity contribution in [2.75, 3.05) is 19.7 Å². The highest BCUT2D eigenvalue weighted by Crippen LogP contribution is 2.28. The van der Waals surface area contributed by atoms with Crippen molar-refractivity contribution in [3.63, 3.8) is 0 Å². The van der Waals surface area contributed by atoms with Crippen LogP contribution in [0.5, 0.6) is 5.75 Å². The average molecular weight is 450 g/mol. The molecule has 33 heavy (non-hydrogen) atoms. The summed E-state index contributed by atoms with van der Waals surface area (Å²) < 4.78 is 5.69. The van der Waals surface area contributed by atoms with Crippen LogP contribution in [0.3, 0.4) is 0 Å². The highest BCUT2D eigenvalue weighted by Gasteiger charge is 2.35. The Morgan fingerprint density at radius 1 is 1.03 bits per heavy atom. The van der Waals surface area contributed by atoms with Crippen molar-refractivity contribution < 1.29 is 23.9 Å². The SMILES string of the molecule is CCOc1ccc(CN2C(=O)c3ccccc3C2=O)cc1C(=O)N1CCC(NC(C)=O)CC1. The number of piperidine rings is 1. The molecule has 0 aromatic heterocycles. The minimum atomic E-state index is -0.336. The van der Waals surface area contributed by atoms with Gasteiger partial charge in [0, 0.05) is 26.1 Å². The summed E-state index contributed by atoms with van der Waals surface area (Å²) in [5.41, 5.74) is 1.87. The summed E-state index contributed by atoms with van der Waals surface area (Å²) in [5, 5.41) is 2.91. The number of ether oxygens (including phenoxy) is 1. The van der Waals surface area contributed by atoms with E-state index in [0.29, 0.717) is 60.5 Å². The first-order valence-corrected chi connectivity index (χ1v) is 11.2. The summed E-state index contributed by atoms with van der Waals surface area (Å²) >= 11 is 0. The lowest BCUT2D eigenvalue weighted by Crippen LogP contribution is -2.46. The first kappa shape index (κ1) is 22.5. The molecule has 4 amide bonds. The largest absolute Gasteiger partial charge is 0.493 e. The van der Waals surface area contributed by atoms with Crippen molar-refractivity contribution in [1.82, 2.24) is 15.1 Å². The summed E-state index contributed by atoms with van der Waals surface area (Å²) in [6, 6.07) is 12.0. The van der Waals surface area contributed by atoms with E-state index in [9.17, 15) is 19.2 Å². The zero-order chi connectivity index (χ0) is 23.5. The molecule has 8 heteroatoms. The van der Waals surface area contributed by atoms with Crippen LogP contribution in [-0.2, 0) is 11.3 Å². The Morgan fingerprint density at radius 3 is 2.24 bits per heavy atom. The van der Waals surface area contributed by atoms with E-state index in [1.807, 2.05) is 6.92 Å². The highest BCUT2D eigenvalue weighted by atomic mass is 16.5. The van der Waals surface area contributed by atoms with Crippen molar-refractivity contribution in [1.29, 1.82) is 0 Å². The molecule has 0 spiro atoms. The van der Waals surface area contributed by atoms with Gasteiger partial charge >= 0.3 is 0 Å². The van der Waals surface area contributed by atoms with Crippen LogP contribution >= 0.6 is 0 Å². The molecule has 0 radical (unpaired) electrons. The van der Waals surface area contributed by atoms with Gasteiger partial charge in [0.25, 0.3) is 17.7 Å². The second-order valence-electron chi connectivity index (χ2n) is 8.27. The van der Waals surface area contributed by atoms with Crippen molar-refractivity contribution in [3.05, 3.63) is 64.7 Å². The maximum atomic E-state index is 13.3. The molecule has 0 atom stereocenters. The quantitative estimate of drug-likeness (QED) is 0.684. The first-order chi connectivity index (χ1) is 15.9. The summed E-state index contributed by atoms with van der Waals surface area (Å²) in [5.74, 6) is -0.435. The lowest BCUT2D eigenvalue weighted by molar-refractivity contribution is -0.119. The van der Waals surface area contributed by atoms with E-state index in [1.54, 1.807) is 47.4 Å². The van der Waals surface area contributed by atoms with E-state index < -0.39 is 0 Å². The summed E-state index contributed by atoms with van der Waals surface area (Å²) in [4.78, 5) is 53.0. The zero-order valence-electron chi connectivity index (χ0n) is 18.8. The molecule has 4 rings (SSSR count). The fraction of sp³-hybridized carbons (Fsp3) is 0.360. The Hall–Kier alpha value is -3.68. The van der Waals surface area contributed by atoms with Crippen molar-refractivity contribution in [3.8, 4) is 5.75 Å². The van der Waals surface area contributed by atoms with Crippen molar-refractivity contribution >= 4 is 23.6 Å². The van der Waals surface area contributed by atoms with Gasteiger partial charge in [0.05, 0.1) is 29.8 Å². The van der Waals surface area contributed by atoms with Gasteiger partial charge < -0.3 is 15.0 Å². The Balaban J connectivity index is 1.53. The fourth-order valence-electron chi connectivity index (χ4n) is 4.37. The standard InChI is InChI=1S/C25H27N3O5/c1-3-33-22-9-8-17(15-28-24(31)19-6-4-5-7-20(19)25(28)32)14-21(22)23(30)27-12-10-18(11-13-27)26-16(2)29/h4-9,14,18H,3,10-13,15H2,1-2H3,(H,26,29). The molecule has 172 valence electrons. The first-order valence-electron chi connectivity index (χ1n) is 11.2. The van der Waals surface area contributed by atoms with Crippen LogP contribution in [0.2, 0.25) is 0 Å². The van der Waals surface area contributed by atoms with Crippen LogP contribution in [-0.4, -0.2) is 59.2 Å². The number of nitrogens with zero attached hydrogens (tertiary/aromatic N) is 2. The number of hydrogen-bond donors (Lipinski definition) is 1. The third-order valence-corrected chi connectivity index (χ3v) is 5.98. The lowest BCUT2D eigenvalue weighted by Gasteiger charge is -2.32. The van der Waals surface area contributed by atoms with E-state index in [0.717, 1.165) is 0 Å². The molecule has 0 saturated carbocycles. The number of carbonyl (C=O) groups is 4. The number of benzene rings is 2. The highest BCUT2D eigenvalue weighted by molar-refractivity contribution is 6.21. The van der Waals surface area contributed by atoms with Crippen LogP contribution in [0.1, 0.15) is 63.3 Å². The van der Waals surface area contributed by atoms with E-state index in [1.165, 1.54) is 11.8 Å². The van der Waals surface area contributed by atoms with Gasteiger partial charge in [0.1, 0.15) is 5.75 Å². The lowest BCUT2D eigenvalue weighted by atomic mass is 10.0. The molecule has 2 aromatic carbocycles. The molecule has 8 nitrogen and oxygen atoms in total. The summed E-state index contributed by atoms with van der Waals surface area (Å²) in [7, 11) is 0. The number of likely N-dealkylation sites (tertiary alicyclic amines) is 1. The van der Waals surface area contributed by atoms with Crippen LogP contribution in [0.4, 0.5) is 0 Å². The Bertz CT molecular complexity index is 1070. The molecule has 0 bridgehead atoms. The van der Waals surface area contributed by atoms with Crippen LogP contribution < -0.4 is 10.1 Å². The van der Waals surface area contributed by atoms with E-state index in [2.05, 4.69) is 5.32 Å². The number of imide groups is 1. The van der Waals surface area contributed by atoms with Crippen LogP contribution in [0, 0.1) is 0 Å². The molecule has 2 aromatic rings. The zero-order valence-corrected chi connectivity index (χ0v) is 18.8. The van der Waals surface area contributed by atoms with Crippen LogP contribution in [0.25, 0.3) is 0 Å². The predicted molar refractivity (Wildman–Crippen MR) is 121 cm³/mol. The number of hydrogen-bond acceptors (Lipinski definition) is 5. The van der Waals surface area contributed by atoms with Gasteiger partial charge in [-0.1, -0.05) is 18.2 Å². The smallest absolute Gasteiger partial charge is 0.261 e. The number of amides is 4. The molecule has 0 unspecified atom stereocenters. The van der Waals surface area contributed by atoms with Gasteiger partial charge in [-0.3, -0.25) is 24.1 Å². The van der Waals surface area contributed by atoms with Gasteiger partial charge in [0.15, 0.2) is 0 Å². The van der Waals surface area contributed by atoms with Gasteiger partial charge in [-0.25, -0.2) is 0 Å². The molecule has 1 saturated heterocycles. The normalized spacial score (nSPS) is 16.1. The third kappa shape index (κ3) is 4.60. The molecule has 2 heterocycles. The predicted octanol–water partition coefficient (Wildman–Crippen LogP) is 2.62. The maximum Gasteiger partial charge on any atom is 0.261 e. The van der Waals surface area contributed by atoms with Crippen molar-refractivity contribution in [2.45, 2.75) is 39.3 Å². The fourth-order valence-corrected chi connectivity index (χ4v) is 4.37. The summed E-state index contributed by atoms with van der Waals surface area (Å²) in [6.07, 6.45) is 1.37. The second kappa shape index (κ2) is 9.44. The Labute approximate surface area is 192 Å². The molecular weight excluding hydrogens is 422 g/mol. The topological polar surface area (TPSA) is 96.0 Å². The Kier molecular flexibility index (Phi) is 6.44. The average Bonchev–Trinajstić information content (AvgIpc) is 3.05. The molecule has 1 N–H and O–H groups in total. The van der Waals surface area contributed by atoms with E-state index >= 15 is 0 Å². The number of nitrogens with one attached hydrogen (secondary N) is 1. The third-order valence-electron chi connectivity index (χ3n) is 5.98. The van der Waals surface area contributed by atoms with E-state index in [-0.39, 0.29) is 36.2 Å². The van der Waals surface area contributed by atoms with Gasteiger partial charge in [-0.05, 0) is 49.6 Å². The number of rotatable bonds is 6. The van der Waals surface area contributed by atoms with E-state index in [4.69, 9.17) is 4.74 Å².